The molecule has 7 aromatic carbocycles. The van der Waals surface area contributed by atoms with Crippen LogP contribution in [-0.4, -0.2) is 14.4 Å². The average Bonchev–Trinajstić information content (AvgIpc) is 3.50. The second-order valence-electron chi connectivity index (χ2n) is 11.9. The first kappa shape index (κ1) is 27.7. The summed E-state index contributed by atoms with van der Waals surface area (Å²) in [6, 6.07) is 60.8. The molecule has 0 fully saturated rings. The van der Waals surface area contributed by atoms with Gasteiger partial charge in [0, 0.05) is 38.6 Å². The Morgan fingerprint density at radius 3 is 1.77 bits per heavy atom. The van der Waals surface area contributed by atoms with Crippen LogP contribution < -0.4 is 15.9 Å². The van der Waals surface area contributed by atoms with Gasteiger partial charge < -0.3 is 4.57 Å². The van der Waals surface area contributed by atoms with Gasteiger partial charge in [-0.25, -0.2) is 9.88 Å². The van der Waals surface area contributed by atoms with Crippen molar-refractivity contribution in [3.63, 3.8) is 0 Å². The fourth-order valence-electron chi connectivity index (χ4n) is 7.14. The van der Waals surface area contributed by atoms with Gasteiger partial charge in [-0.15, -0.1) is 0 Å². The maximum atomic E-state index is 12.8. The first-order valence-corrected chi connectivity index (χ1v) is 17.6. The third-order valence-electron chi connectivity index (χ3n) is 9.27. The number of rotatable bonds is 5. The Morgan fingerprint density at radius 1 is 0.468 bits per heavy atom. The molecule has 0 saturated heterocycles. The van der Waals surface area contributed by atoms with Crippen molar-refractivity contribution in [1.29, 1.82) is 0 Å². The molecule has 1 N–H and O–H groups in total. The van der Waals surface area contributed by atoms with Gasteiger partial charge in [-0.05, 0) is 48.5 Å². The summed E-state index contributed by atoms with van der Waals surface area (Å²) in [5.74, 6) is 0. The Morgan fingerprint density at radius 2 is 1.04 bits per heavy atom. The lowest BCUT2D eigenvalue weighted by Crippen LogP contribution is -2.30. The van der Waals surface area contributed by atoms with Crippen LogP contribution in [0.1, 0.15) is 0 Å². The van der Waals surface area contributed by atoms with E-state index in [2.05, 4.69) is 114 Å². The lowest BCUT2D eigenvalue weighted by atomic mass is 9.97. The highest BCUT2D eigenvalue weighted by Gasteiger charge is 2.44. The number of nitrogens with zero attached hydrogens (tertiary/aromatic N) is 2. The van der Waals surface area contributed by atoms with Crippen LogP contribution in [0.3, 0.4) is 0 Å². The molecule has 2 heterocycles. The van der Waals surface area contributed by atoms with Gasteiger partial charge in [0.15, 0.2) is 0 Å². The molecule has 0 amide bonds. The summed E-state index contributed by atoms with van der Waals surface area (Å²) < 4.78 is 2.39. The van der Waals surface area contributed by atoms with Crippen molar-refractivity contribution in [3.8, 4) is 16.9 Å². The molecule has 9 rings (SSSR count). The second kappa shape index (κ2) is 11.0. The number of benzene rings is 7. The van der Waals surface area contributed by atoms with Crippen LogP contribution in [0.25, 0.3) is 60.4 Å². The molecule has 0 aliphatic rings. The molecule has 3 nitrogen and oxygen atoms in total. The van der Waals surface area contributed by atoms with Gasteiger partial charge in [0.1, 0.15) is 15.9 Å². The van der Waals surface area contributed by atoms with E-state index in [-0.39, 0.29) is 0 Å². The molecule has 47 heavy (non-hydrogen) atoms. The molecule has 0 bridgehead atoms. The van der Waals surface area contributed by atoms with E-state index in [0.717, 1.165) is 60.2 Å². The first-order chi connectivity index (χ1) is 23.2. The zero-order chi connectivity index (χ0) is 31.4. The molecule has 0 atom stereocenters. The van der Waals surface area contributed by atoms with Gasteiger partial charge in [0.2, 0.25) is 7.49 Å². The van der Waals surface area contributed by atoms with Crippen molar-refractivity contribution in [1.82, 2.24) is 9.55 Å². The highest BCUT2D eigenvalue weighted by atomic mass is 31.2. The minimum Gasteiger partial charge on any atom is -0.308 e. The summed E-state index contributed by atoms with van der Waals surface area (Å²) in [5.41, 5.74) is 6.29. The van der Waals surface area contributed by atoms with Crippen LogP contribution >= 0.6 is 7.49 Å². The zero-order valence-corrected chi connectivity index (χ0v) is 26.4. The van der Waals surface area contributed by atoms with Crippen molar-refractivity contribution in [3.05, 3.63) is 176 Å². The zero-order valence-electron chi connectivity index (χ0n) is 25.5. The lowest BCUT2D eigenvalue weighted by Gasteiger charge is -2.21. The van der Waals surface area contributed by atoms with Crippen molar-refractivity contribution in [2.45, 2.75) is 0 Å². The number of aromatic nitrogens is 2. The first-order valence-electron chi connectivity index (χ1n) is 15.9. The SMILES string of the molecule is O[P+](c1ccccc1)(c1ccccc1)c1cccc(-n2c3ccccc3c3ccc4c(-c5ccccc5)nc5ccccc5c4c32)c1. The lowest BCUT2D eigenvalue weighted by molar-refractivity contribution is 0.633. The monoisotopic (exact) mass is 621 g/mol. The molecular formula is C43H30N2OP+. The second-order valence-corrected chi connectivity index (χ2v) is 14.7. The molecule has 0 aliphatic heterocycles. The molecule has 0 spiro atoms. The standard InChI is InChI=1S/C43H30N2OP/c46-47(32-18-6-2-7-19-32,33-20-8-3-9-21-33)34-22-14-17-31(29-34)45-40-26-13-11-23-35(40)36-27-28-38-41(43(36)45)37-24-10-12-25-39(37)44-42(38)30-15-4-1-5-16-30/h1-29,46H/q+1. The third kappa shape index (κ3) is 4.32. The van der Waals surface area contributed by atoms with Gasteiger partial charge >= 0.3 is 0 Å². The van der Waals surface area contributed by atoms with Crippen LogP contribution in [-0.2, 0) is 0 Å². The van der Waals surface area contributed by atoms with Gasteiger partial charge in [-0.2, -0.15) is 0 Å². The Bertz CT molecular complexity index is 2540. The van der Waals surface area contributed by atoms with Crippen LogP contribution in [0.2, 0.25) is 0 Å². The van der Waals surface area contributed by atoms with E-state index < -0.39 is 7.49 Å². The van der Waals surface area contributed by atoms with E-state index in [0.29, 0.717) is 0 Å². The highest BCUT2D eigenvalue weighted by Crippen LogP contribution is 2.51. The van der Waals surface area contributed by atoms with E-state index >= 15 is 0 Å². The topological polar surface area (TPSA) is 38.0 Å². The third-order valence-corrected chi connectivity index (χ3v) is 12.4. The summed E-state index contributed by atoms with van der Waals surface area (Å²) in [6.07, 6.45) is 0. The van der Waals surface area contributed by atoms with Gasteiger partial charge in [-0.1, -0.05) is 121 Å². The summed E-state index contributed by atoms with van der Waals surface area (Å²) in [7, 11) is -2.93. The van der Waals surface area contributed by atoms with Gasteiger partial charge in [0.05, 0.1) is 27.9 Å². The predicted octanol–water partition coefficient (Wildman–Crippen LogP) is 9.35. The van der Waals surface area contributed by atoms with Gasteiger partial charge in [-0.3, -0.25) is 0 Å². The molecule has 9 aromatic rings. The molecule has 2 aromatic heterocycles. The minimum absolute atomic E-state index is 0.912. The molecule has 0 saturated carbocycles. The number of hydrogen-bond acceptors (Lipinski definition) is 2. The van der Waals surface area contributed by atoms with E-state index in [4.69, 9.17) is 4.98 Å². The summed E-state index contributed by atoms with van der Waals surface area (Å²) in [4.78, 5) is 18.1. The fourth-order valence-corrected chi connectivity index (χ4v) is 9.87. The number of para-hydroxylation sites is 2. The van der Waals surface area contributed by atoms with Crippen molar-refractivity contribution >= 4 is 66.9 Å². The normalized spacial score (nSPS) is 11.9. The molecule has 0 aliphatic carbocycles. The van der Waals surface area contributed by atoms with E-state index in [9.17, 15) is 4.89 Å². The van der Waals surface area contributed by atoms with Crippen LogP contribution in [0.4, 0.5) is 0 Å². The quantitative estimate of drug-likeness (QED) is 0.154. The maximum Gasteiger partial charge on any atom is 0.238 e. The van der Waals surface area contributed by atoms with Crippen molar-refractivity contribution < 1.29 is 4.89 Å². The summed E-state index contributed by atoms with van der Waals surface area (Å²) in [6.45, 7) is 0. The van der Waals surface area contributed by atoms with Gasteiger partial charge in [0.25, 0.3) is 0 Å². The summed E-state index contributed by atoms with van der Waals surface area (Å²) >= 11 is 0. The Kier molecular flexibility index (Phi) is 6.50. The molecule has 0 radical (unpaired) electrons. The van der Waals surface area contributed by atoms with E-state index in [1.165, 1.54) is 16.2 Å². The van der Waals surface area contributed by atoms with Crippen LogP contribution in [0, 0.1) is 0 Å². The molecular weight excluding hydrogens is 591 g/mol. The minimum atomic E-state index is -2.93. The van der Waals surface area contributed by atoms with Crippen LogP contribution in [0.5, 0.6) is 0 Å². The van der Waals surface area contributed by atoms with E-state index in [1.54, 1.807) is 0 Å². The molecule has 222 valence electrons. The fraction of sp³-hybridized carbons (Fsp3) is 0. The Hall–Kier alpha value is -5.60. The Labute approximate surface area is 273 Å². The number of pyridine rings is 1. The number of fused-ring (bicyclic) bond motifs is 7. The Balaban J connectivity index is 1.41. The average molecular weight is 622 g/mol. The predicted molar refractivity (Wildman–Crippen MR) is 200 cm³/mol. The summed E-state index contributed by atoms with van der Waals surface area (Å²) in [5, 5.41) is 8.55. The number of hydrogen-bond donors (Lipinski definition) is 1. The maximum absolute atomic E-state index is 12.8. The smallest absolute Gasteiger partial charge is 0.238 e. The van der Waals surface area contributed by atoms with Crippen molar-refractivity contribution in [2.24, 2.45) is 0 Å². The van der Waals surface area contributed by atoms with Crippen LogP contribution in [0.15, 0.2) is 176 Å². The largest absolute Gasteiger partial charge is 0.308 e. The van der Waals surface area contributed by atoms with Crippen molar-refractivity contribution in [2.75, 3.05) is 0 Å². The highest BCUT2D eigenvalue weighted by molar-refractivity contribution is 7.91. The van der Waals surface area contributed by atoms with E-state index in [1.807, 2.05) is 66.7 Å². The molecule has 0 unspecified atom stereocenters. The molecule has 4 heteroatoms.